The van der Waals surface area contributed by atoms with Crippen molar-refractivity contribution < 1.29 is 13.2 Å². The zero-order valence-electron chi connectivity index (χ0n) is 11.0. The number of anilines is 2. The second-order valence-electron chi connectivity index (χ2n) is 4.23. The van der Waals surface area contributed by atoms with E-state index in [0.717, 1.165) is 6.26 Å². The molecule has 0 saturated heterocycles. The summed E-state index contributed by atoms with van der Waals surface area (Å²) < 4.78 is 24.9. The lowest BCUT2D eigenvalue weighted by Gasteiger charge is -2.12. The summed E-state index contributed by atoms with van der Waals surface area (Å²) in [5.74, 6) is -0.476. The molecule has 21 heavy (non-hydrogen) atoms. The van der Waals surface area contributed by atoms with E-state index in [4.69, 9.17) is 11.6 Å². The average Bonchev–Trinajstić information content (AvgIpc) is 2.40. The zero-order valence-corrected chi connectivity index (χ0v) is 12.6. The minimum absolute atomic E-state index is 0.202. The predicted octanol–water partition coefficient (Wildman–Crippen LogP) is 2.36. The van der Waals surface area contributed by atoms with Crippen LogP contribution < -0.4 is 10.0 Å². The molecule has 1 aromatic heterocycles. The molecule has 0 spiro atoms. The van der Waals surface area contributed by atoms with E-state index < -0.39 is 15.9 Å². The van der Waals surface area contributed by atoms with Crippen LogP contribution in [0.2, 0.25) is 5.02 Å². The Morgan fingerprint density at radius 1 is 1.19 bits per heavy atom. The molecule has 0 aliphatic heterocycles. The molecular formula is C13H12ClN3O3S. The summed E-state index contributed by atoms with van der Waals surface area (Å²) in [7, 11) is -3.45. The summed E-state index contributed by atoms with van der Waals surface area (Å²) in [5, 5.41) is 2.86. The number of hydrogen-bond acceptors (Lipinski definition) is 4. The molecule has 1 aromatic carbocycles. The molecule has 110 valence electrons. The normalized spacial score (nSPS) is 11.0. The van der Waals surface area contributed by atoms with Gasteiger partial charge in [0.25, 0.3) is 5.91 Å². The van der Waals surface area contributed by atoms with Gasteiger partial charge in [-0.15, -0.1) is 0 Å². The molecule has 0 saturated carbocycles. The second kappa shape index (κ2) is 6.11. The Balaban J connectivity index is 2.28. The summed E-state index contributed by atoms with van der Waals surface area (Å²) in [6, 6.07) is 7.95. The zero-order chi connectivity index (χ0) is 15.5. The number of carbonyl (C=O) groups is 1. The number of carbonyl (C=O) groups excluding carboxylic acids is 1. The van der Waals surface area contributed by atoms with E-state index in [0.29, 0.717) is 5.69 Å². The number of benzene rings is 1. The maximum Gasteiger partial charge on any atom is 0.258 e. The fourth-order valence-corrected chi connectivity index (χ4v) is 2.38. The van der Waals surface area contributed by atoms with Crippen LogP contribution in [0, 0.1) is 0 Å². The molecule has 0 radical (unpaired) electrons. The Hall–Kier alpha value is -2.12. The van der Waals surface area contributed by atoms with Crippen LogP contribution in [0.25, 0.3) is 0 Å². The third-order valence-electron chi connectivity index (χ3n) is 2.48. The van der Waals surface area contributed by atoms with E-state index in [9.17, 15) is 13.2 Å². The lowest BCUT2D eigenvalue weighted by Crippen LogP contribution is -2.16. The number of nitrogens with one attached hydrogen (secondary N) is 2. The van der Waals surface area contributed by atoms with Gasteiger partial charge in [-0.2, -0.15) is 0 Å². The van der Waals surface area contributed by atoms with Crippen LogP contribution in [0.1, 0.15) is 10.4 Å². The summed E-state index contributed by atoms with van der Waals surface area (Å²) >= 11 is 5.92. The van der Waals surface area contributed by atoms with Crippen LogP contribution in [0.15, 0.2) is 42.7 Å². The van der Waals surface area contributed by atoms with Gasteiger partial charge >= 0.3 is 0 Å². The van der Waals surface area contributed by atoms with Crippen LogP contribution in [-0.2, 0) is 10.0 Å². The topological polar surface area (TPSA) is 88.2 Å². The number of para-hydroxylation sites is 2. The van der Waals surface area contributed by atoms with Crippen molar-refractivity contribution in [3.8, 4) is 0 Å². The highest BCUT2D eigenvalue weighted by Gasteiger charge is 2.13. The highest BCUT2D eigenvalue weighted by atomic mass is 35.5. The van der Waals surface area contributed by atoms with Gasteiger partial charge in [-0.1, -0.05) is 23.7 Å². The third kappa shape index (κ3) is 4.17. The first-order chi connectivity index (χ1) is 9.87. The van der Waals surface area contributed by atoms with E-state index >= 15 is 0 Å². The minimum Gasteiger partial charge on any atom is -0.320 e. The van der Waals surface area contributed by atoms with Crippen molar-refractivity contribution in [3.63, 3.8) is 0 Å². The van der Waals surface area contributed by atoms with Crippen molar-refractivity contribution in [3.05, 3.63) is 53.3 Å². The van der Waals surface area contributed by atoms with Crippen LogP contribution in [0.3, 0.4) is 0 Å². The number of amides is 1. The van der Waals surface area contributed by atoms with Gasteiger partial charge < -0.3 is 5.32 Å². The fraction of sp³-hybridized carbons (Fsp3) is 0.0769. The molecule has 1 amide bonds. The first-order valence-electron chi connectivity index (χ1n) is 5.84. The van der Waals surface area contributed by atoms with Gasteiger partial charge in [-0.25, -0.2) is 8.42 Å². The summed E-state index contributed by atoms with van der Waals surface area (Å²) in [5.41, 5.74) is 0.800. The van der Waals surface area contributed by atoms with Gasteiger partial charge in [0.05, 0.1) is 28.2 Å². The monoisotopic (exact) mass is 325 g/mol. The quantitative estimate of drug-likeness (QED) is 0.903. The predicted molar refractivity (Wildman–Crippen MR) is 82.1 cm³/mol. The number of aromatic nitrogens is 1. The SMILES string of the molecule is CS(=O)(=O)Nc1ccccc1NC(=O)c1cnccc1Cl. The molecule has 0 aliphatic carbocycles. The molecule has 2 aromatic rings. The first-order valence-corrected chi connectivity index (χ1v) is 8.11. The lowest BCUT2D eigenvalue weighted by molar-refractivity contribution is 0.102. The van der Waals surface area contributed by atoms with Crippen LogP contribution in [0.5, 0.6) is 0 Å². The molecule has 8 heteroatoms. The van der Waals surface area contributed by atoms with Crippen molar-refractivity contribution in [1.29, 1.82) is 0 Å². The summed E-state index contributed by atoms with van der Waals surface area (Å²) in [4.78, 5) is 16.0. The van der Waals surface area contributed by atoms with Crippen LogP contribution in [0.4, 0.5) is 11.4 Å². The molecular weight excluding hydrogens is 314 g/mol. The lowest BCUT2D eigenvalue weighted by atomic mass is 10.2. The molecule has 0 atom stereocenters. The van der Waals surface area contributed by atoms with Gasteiger partial charge in [-0.05, 0) is 18.2 Å². The Labute approximate surface area is 127 Å². The molecule has 0 bridgehead atoms. The maximum absolute atomic E-state index is 12.1. The number of pyridine rings is 1. The van der Waals surface area contributed by atoms with E-state index in [1.165, 1.54) is 18.5 Å². The fourth-order valence-electron chi connectivity index (χ4n) is 1.62. The maximum atomic E-state index is 12.1. The van der Waals surface area contributed by atoms with Gasteiger partial charge in [0.15, 0.2) is 0 Å². The van der Waals surface area contributed by atoms with E-state index in [2.05, 4.69) is 15.0 Å². The molecule has 0 fully saturated rings. The Kier molecular flexibility index (Phi) is 4.44. The molecule has 6 nitrogen and oxygen atoms in total. The van der Waals surface area contributed by atoms with Crippen LogP contribution >= 0.6 is 11.6 Å². The second-order valence-corrected chi connectivity index (χ2v) is 6.39. The largest absolute Gasteiger partial charge is 0.320 e. The Morgan fingerprint density at radius 2 is 1.86 bits per heavy atom. The smallest absolute Gasteiger partial charge is 0.258 e. The average molecular weight is 326 g/mol. The van der Waals surface area contributed by atoms with Gasteiger partial charge in [0.2, 0.25) is 10.0 Å². The van der Waals surface area contributed by atoms with Gasteiger partial charge in [0.1, 0.15) is 0 Å². The molecule has 1 heterocycles. The standard InChI is InChI=1S/C13H12ClN3O3S/c1-21(19,20)17-12-5-3-2-4-11(12)16-13(18)9-8-15-7-6-10(9)14/h2-8,17H,1H3,(H,16,18). The highest BCUT2D eigenvalue weighted by molar-refractivity contribution is 7.92. The molecule has 2 rings (SSSR count). The Bertz CT molecular complexity index is 778. The number of sulfonamides is 1. The molecule has 0 aliphatic rings. The molecule has 2 N–H and O–H groups in total. The van der Waals surface area contributed by atoms with E-state index in [-0.39, 0.29) is 16.3 Å². The van der Waals surface area contributed by atoms with E-state index in [1.807, 2.05) is 0 Å². The van der Waals surface area contributed by atoms with Crippen molar-refractivity contribution in [1.82, 2.24) is 4.98 Å². The Morgan fingerprint density at radius 3 is 2.48 bits per heavy atom. The third-order valence-corrected chi connectivity index (χ3v) is 3.40. The van der Waals surface area contributed by atoms with Crippen molar-refractivity contribution in [2.24, 2.45) is 0 Å². The number of hydrogen-bond donors (Lipinski definition) is 2. The van der Waals surface area contributed by atoms with Crippen molar-refractivity contribution in [2.75, 3.05) is 16.3 Å². The van der Waals surface area contributed by atoms with Crippen LogP contribution in [-0.4, -0.2) is 25.6 Å². The number of rotatable bonds is 4. The minimum atomic E-state index is -3.45. The summed E-state index contributed by atoms with van der Waals surface area (Å²) in [6.45, 7) is 0. The van der Waals surface area contributed by atoms with Crippen molar-refractivity contribution in [2.45, 2.75) is 0 Å². The van der Waals surface area contributed by atoms with Gasteiger partial charge in [-0.3, -0.25) is 14.5 Å². The molecule has 0 unspecified atom stereocenters. The first kappa shape index (κ1) is 15.3. The number of nitrogens with zero attached hydrogens (tertiary/aromatic N) is 1. The highest BCUT2D eigenvalue weighted by Crippen LogP contribution is 2.23. The number of halogens is 1. The summed E-state index contributed by atoms with van der Waals surface area (Å²) in [6.07, 6.45) is 3.84. The van der Waals surface area contributed by atoms with Gasteiger partial charge in [0, 0.05) is 12.4 Å². The van der Waals surface area contributed by atoms with Crippen molar-refractivity contribution >= 4 is 38.9 Å². The van der Waals surface area contributed by atoms with E-state index in [1.54, 1.807) is 24.3 Å².